The number of fused-ring (bicyclic) bond motifs is 1. The first-order valence-electron chi connectivity index (χ1n) is 8.85. The van der Waals surface area contributed by atoms with Gasteiger partial charge in [-0.3, -0.25) is 14.6 Å². The topological polar surface area (TPSA) is 130 Å². The molecule has 30 heavy (non-hydrogen) atoms. The number of H-pyrrole nitrogens is 1. The molecule has 0 fully saturated rings. The zero-order valence-corrected chi connectivity index (χ0v) is 16.3. The van der Waals surface area contributed by atoms with Gasteiger partial charge in [-0.15, -0.1) is 0 Å². The Labute approximate surface area is 170 Å². The molecule has 9 nitrogen and oxygen atoms in total. The fraction of sp³-hybridized carbons (Fsp3) is 0.0500. The van der Waals surface area contributed by atoms with Crippen molar-refractivity contribution < 1.29 is 22.7 Å². The van der Waals surface area contributed by atoms with Crippen molar-refractivity contribution in [3.8, 4) is 0 Å². The van der Waals surface area contributed by atoms with Gasteiger partial charge in [-0.05, 0) is 36.4 Å². The van der Waals surface area contributed by atoms with E-state index >= 15 is 0 Å². The second kappa shape index (κ2) is 6.29. The number of carbonyl (C=O) groups excluding carboxylic acids is 2. The number of amides is 1. The molecule has 0 saturated heterocycles. The summed E-state index contributed by atoms with van der Waals surface area (Å²) in [6.45, 7) is 0. The van der Waals surface area contributed by atoms with Crippen molar-refractivity contribution in [1.29, 1.82) is 0 Å². The molecule has 0 bridgehead atoms. The van der Waals surface area contributed by atoms with Gasteiger partial charge in [-0.2, -0.15) is 5.10 Å². The van der Waals surface area contributed by atoms with E-state index in [4.69, 9.17) is 4.74 Å². The molecular weight excluding hydrogens is 408 g/mol. The molecule has 0 saturated carbocycles. The van der Waals surface area contributed by atoms with Crippen LogP contribution in [0.4, 0.5) is 11.4 Å². The van der Waals surface area contributed by atoms with Crippen LogP contribution < -0.4 is 10.0 Å². The number of nitrogens with zero attached hydrogens (tertiary/aromatic N) is 1. The number of aromatic amines is 1. The van der Waals surface area contributed by atoms with Gasteiger partial charge < -0.3 is 10.1 Å². The van der Waals surface area contributed by atoms with E-state index in [0.717, 1.165) is 0 Å². The Kier molecular flexibility index (Phi) is 3.80. The quantitative estimate of drug-likeness (QED) is 0.434. The summed E-state index contributed by atoms with van der Waals surface area (Å²) in [5.74, 6) is -0.898. The number of nitrogens with one attached hydrogen (secondary N) is 3. The smallest absolute Gasteiger partial charge is 0.359 e. The van der Waals surface area contributed by atoms with Crippen LogP contribution in [0.25, 0.3) is 21.7 Å². The summed E-state index contributed by atoms with van der Waals surface area (Å²) in [7, 11) is -2.75. The normalized spacial score (nSPS) is 12.9. The number of ether oxygens (including phenoxy) is 1. The van der Waals surface area contributed by atoms with Crippen LogP contribution in [0.1, 0.15) is 20.8 Å². The first-order valence-corrected chi connectivity index (χ1v) is 10.3. The van der Waals surface area contributed by atoms with E-state index < -0.39 is 16.0 Å². The number of esters is 1. The lowest BCUT2D eigenvalue weighted by atomic mass is 10.1. The van der Waals surface area contributed by atoms with Crippen molar-refractivity contribution >= 4 is 54.9 Å². The molecule has 3 aromatic carbocycles. The predicted molar refractivity (Wildman–Crippen MR) is 110 cm³/mol. The van der Waals surface area contributed by atoms with Crippen LogP contribution in [-0.4, -0.2) is 37.6 Å². The third-order valence-corrected chi connectivity index (χ3v) is 6.42. The number of hydrogen-bond acceptors (Lipinski definition) is 6. The van der Waals surface area contributed by atoms with Gasteiger partial charge in [0.2, 0.25) is 0 Å². The van der Waals surface area contributed by atoms with E-state index in [-0.39, 0.29) is 22.2 Å². The molecule has 3 N–H and O–H groups in total. The minimum atomic E-state index is -3.99. The maximum Gasteiger partial charge on any atom is 0.359 e. The molecule has 1 amide bonds. The molecular formula is C20H14N4O5S. The highest BCUT2D eigenvalue weighted by molar-refractivity contribution is 7.93. The number of anilines is 2. The largest absolute Gasteiger partial charge is 0.464 e. The molecule has 5 rings (SSSR count). The standard InChI is InChI=1S/C20H14N4O5S/c1-29-20(26)18-13-9-10(5-6-14(13)22-23-18)24-30(27,28)16-8-7-15-17-11(16)3-2-4-12(17)19(25)21-15/h2-9,24H,1H3,(H,21,25)(H,22,23). The van der Waals surface area contributed by atoms with E-state index in [1.807, 2.05) is 0 Å². The number of sulfonamides is 1. The molecule has 0 aliphatic carbocycles. The van der Waals surface area contributed by atoms with Crippen LogP contribution >= 0.6 is 0 Å². The Morgan fingerprint density at radius 2 is 1.93 bits per heavy atom. The number of carbonyl (C=O) groups is 2. The first kappa shape index (κ1) is 18.1. The van der Waals surface area contributed by atoms with E-state index in [1.54, 1.807) is 36.4 Å². The van der Waals surface area contributed by atoms with Crippen molar-refractivity contribution in [2.24, 2.45) is 0 Å². The first-order chi connectivity index (χ1) is 14.4. The number of hydrogen-bond donors (Lipinski definition) is 3. The van der Waals surface area contributed by atoms with Crippen LogP contribution in [-0.2, 0) is 14.8 Å². The van der Waals surface area contributed by atoms with Crippen LogP contribution in [0.3, 0.4) is 0 Å². The molecule has 2 heterocycles. The van der Waals surface area contributed by atoms with Crippen LogP contribution in [0.5, 0.6) is 0 Å². The van der Waals surface area contributed by atoms with E-state index in [1.165, 1.54) is 19.2 Å². The summed E-state index contributed by atoms with van der Waals surface area (Å²) in [6.07, 6.45) is 0. The molecule has 0 radical (unpaired) electrons. The van der Waals surface area contributed by atoms with Gasteiger partial charge in [0, 0.05) is 33.1 Å². The third-order valence-electron chi connectivity index (χ3n) is 4.98. The van der Waals surface area contributed by atoms with Crippen molar-refractivity contribution in [1.82, 2.24) is 10.2 Å². The Morgan fingerprint density at radius 3 is 2.73 bits per heavy atom. The van der Waals surface area contributed by atoms with Crippen molar-refractivity contribution in [3.63, 3.8) is 0 Å². The molecule has 0 atom stereocenters. The van der Waals surface area contributed by atoms with E-state index in [0.29, 0.717) is 32.9 Å². The number of rotatable bonds is 4. The Hall–Kier alpha value is -3.92. The molecule has 1 aromatic heterocycles. The fourth-order valence-electron chi connectivity index (χ4n) is 3.64. The lowest BCUT2D eigenvalue weighted by molar-refractivity contribution is 0.0596. The Morgan fingerprint density at radius 1 is 1.10 bits per heavy atom. The predicted octanol–water partition coefficient (Wildman–Crippen LogP) is 2.87. The number of aromatic nitrogens is 2. The van der Waals surface area contributed by atoms with Crippen LogP contribution in [0, 0.1) is 0 Å². The monoisotopic (exact) mass is 422 g/mol. The highest BCUT2D eigenvalue weighted by atomic mass is 32.2. The van der Waals surface area contributed by atoms with E-state index in [9.17, 15) is 18.0 Å². The zero-order valence-electron chi connectivity index (χ0n) is 15.5. The average Bonchev–Trinajstić information content (AvgIpc) is 3.29. The summed E-state index contributed by atoms with van der Waals surface area (Å²) < 4.78 is 33.6. The summed E-state index contributed by atoms with van der Waals surface area (Å²) in [6, 6.07) is 12.7. The molecule has 0 unspecified atom stereocenters. The van der Waals surface area contributed by atoms with Crippen LogP contribution in [0.15, 0.2) is 53.4 Å². The molecule has 1 aliphatic heterocycles. The van der Waals surface area contributed by atoms with Crippen molar-refractivity contribution in [3.05, 3.63) is 59.8 Å². The molecule has 10 heteroatoms. The minimum Gasteiger partial charge on any atom is -0.464 e. The van der Waals surface area contributed by atoms with Gasteiger partial charge in [-0.25, -0.2) is 13.2 Å². The lowest BCUT2D eigenvalue weighted by Crippen LogP contribution is -2.13. The molecule has 4 aromatic rings. The SMILES string of the molecule is COC(=O)c1n[nH]c2ccc(NS(=O)(=O)c3ccc4c5c(cccc35)C(=O)N4)cc12. The van der Waals surface area contributed by atoms with Gasteiger partial charge in [-0.1, -0.05) is 12.1 Å². The van der Waals surface area contributed by atoms with E-state index in [2.05, 4.69) is 20.2 Å². The van der Waals surface area contributed by atoms with Gasteiger partial charge in [0.1, 0.15) is 0 Å². The van der Waals surface area contributed by atoms with Gasteiger partial charge in [0.15, 0.2) is 5.69 Å². The minimum absolute atomic E-state index is 0.0417. The van der Waals surface area contributed by atoms with Crippen molar-refractivity contribution in [2.45, 2.75) is 4.90 Å². The zero-order chi connectivity index (χ0) is 21.0. The Bertz CT molecular complexity index is 1490. The highest BCUT2D eigenvalue weighted by Crippen LogP contribution is 2.37. The van der Waals surface area contributed by atoms with Crippen molar-refractivity contribution in [2.75, 3.05) is 17.1 Å². The number of benzene rings is 3. The van der Waals surface area contributed by atoms with Gasteiger partial charge >= 0.3 is 5.97 Å². The maximum atomic E-state index is 13.2. The van der Waals surface area contributed by atoms with Gasteiger partial charge in [0.25, 0.3) is 15.9 Å². The maximum absolute atomic E-state index is 13.2. The molecule has 1 aliphatic rings. The summed E-state index contributed by atoms with van der Waals surface area (Å²) in [5.41, 5.74) is 1.89. The summed E-state index contributed by atoms with van der Waals surface area (Å²) in [4.78, 5) is 24.0. The van der Waals surface area contributed by atoms with Gasteiger partial charge in [0.05, 0.1) is 17.5 Å². The summed E-state index contributed by atoms with van der Waals surface area (Å²) in [5, 5.41) is 10.8. The fourth-order valence-corrected chi connectivity index (χ4v) is 4.89. The highest BCUT2D eigenvalue weighted by Gasteiger charge is 2.26. The second-order valence-corrected chi connectivity index (χ2v) is 8.37. The van der Waals surface area contributed by atoms with Crippen LogP contribution in [0.2, 0.25) is 0 Å². The lowest BCUT2D eigenvalue weighted by Gasteiger charge is -2.11. The second-order valence-electron chi connectivity index (χ2n) is 6.72. The molecule has 150 valence electrons. The third kappa shape index (κ3) is 2.61. The summed E-state index contributed by atoms with van der Waals surface area (Å²) >= 11 is 0. The number of methoxy groups -OCH3 is 1. The average molecular weight is 422 g/mol. The Balaban J connectivity index is 1.60. The molecule has 0 spiro atoms.